The quantitative estimate of drug-likeness (QED) is 0.764. The summed E-state index contributed by atoms with van der Waals surface area (Å²) in [5.74, 6) is 0. The van der Waals surface area contributed by atoms with E-state index >= 15 is 0 Å². The zero-order valence-corrected chi connectivity index (χ0v) is 12.6. The molecule has 1 aromatic carbocycles. The van der Waals surface area contributed by atoms with Gasteiger partial charge in [0.1, 0.15) is 0 Å². The van der Waals surface area contributed by atoms with Crippen molar-refractivity contribution in [2.24, 2.45) is 0 Å². The number of thiophene rings is 1. The van der Waals surface area contributed by atoms with E-state index < -0.39 is 0 Å². The fourth-order valence-corrected chi connectivity index (χ4v) is 3.05. The third-order valence-electron chi connectivity index (χ3n) is 3.48. The Bertz CT molecular complexity index is 704. The van der Waals surface area contributed by atoms with Gasteiger partial charge in [-0.1, -0.05) is 18.2 Å². The van der Waals surface area contributed by atoms with Gasteiger partial charge in [-0.3, -0.25) is 4.98 Å². The minimum atomic E-state index is 0.391. The van der Waals surface area contributed by atoms with Crippen molar-refractivity contribution in [2.45, 2.75) is 26.4 Å². The highest BCUT2D eigenvalue weighted by Gasteiger charge is 2.05. The molecule has 1 N–H and O–H groups in total. The molecule has 1 atom stereocenters. The van der Waals surface area contributed by atoms with Crippen LogP contribution in [-0.2, 0) is 6.54 Å². The van der Waals surface area contributed by atoms with E-state index in [1.54, 1.807) is 11.3 Å². The summed E-state index contributed by atoms with van der Waals surface area (Å²) in [7, 11) is 0. The molecule has 3 heteroatoms. The second kappa shape index (κ2) is 5.73. The highest BCUT2D eigenvalue weighted by molar-refractivity contribution is 7.10. The van der Waals surface area contributed by atoms with Gasteiger partial charge >= 0.3 is 0 Å². The summed E-state index contributed by atoms with van der Waals surface area (Å²) in [6, 6.07) is 15.4. The molecule has 2 heterocycles. The molecule has 102 valence electrons. The van der Waals surface area contributed by atoms with E-state index in [1.807, 2.05) is 6.92 Å². The Morgan fingerprint density at radius 1 is 1.20 bits per heavy atom. The molecule has 3 aromatic rings. The van der Waals surface area contributed by atoms with Gasteiger partial charge in [-0.15, -0.1) is 11.3 Å². The van der Waals surface area contributed by atoms with Crippen LogP contribution in [0.4, 0.5) is 0 Å². The van der Waals surface area contributed by atoms with Gasteiger partial charge in [0, 0.05) is 28.5 Å². The zero-order valence-electron chi connectivity index (χ0n) is 11.8. The van der Waals surface area contributed by atoms with Crippen LogP contribution in [0.2, 0.25) is 0 Å². The molecule has 3 rings (SSSR count). The lowest BCUT2D eigenvalue weighted by atomic mass is 10.1. The number of benzene rings is 1. The zero-order chi connectivity index (χ0) is 13.9. The van der Waals surface area contributed by atoms with Gasteiger partial charge in [0.15, 0.2) is 0 Å². The molecule has 0 amide bonds. The molecule has 0 spiro atoms. The molecule has 0 fully saturated rings. The van der Waals surface area contributed by atoms with Gasteiger partial charge in [0.2, 0.25) is 0 Å². The van der Waals surface area contributed by atoms with E-state index in [9.17, 15) is 0 Å². The standard InChI is InChI=1S/C17H18N2S/c1-12-5-7-15-10-14(6-8-16(15)19-12)11-18-13(2)17-4-3-9-20-17/h3-10,13,18H,11H2,1-2H3. The van der Waals surface area contributed by atoms with Crippen LogP contribution in [0, 0.1) is 6.92 Å². The second-order valence-corrected chi connectivity index (χ2v) is 6.08. The van der Waals surface area contributed by atoms with Crippen molar-refractivity contribution in [2.75, 3.05) is 0 Å². The third kappa shape index (κ3) is 2.89. The van der Waals surface area contributed by atoms with Crippen molar-refractivity contribution in [1.82, 2.24) is 10.3 Å². The van der Waals surface area contributed by atoms with E-state index in [4.69, 9.17) is 0 Å². The first-order chi connectivity index (χ1) is 9.72. The van der Waals surface area contributed by atoms with Crippen molar-refractivity contribution < 1.29 is 0 Å². The third-order valence-corrected chi connectivity index (χ3v) is 4.53. The molecule has 2 aromatic heterocycles. The molecule has 1 unspecified atom stereocenters. The van der Waals surface area contributed by atoms with Crippen LogP contribution < -0.4 is 5.32 Å². The average molecular weight is 282 g/mol. The number of aromatic nitrogens is 1. The highest BCUT2D eigenvalue weighted by Crippen LogP contribution is 2.19. The molecular weight excluding hydrogens is 264 g/mol. The molecule has 0 aliphatic heterocycles. The number of fused-ring (bicyclic) bond motifs is 1. The van der Waals surface area contributed by atoms with Crippen molar-refractivity contribution in [3.63, 3.8) is 0 Å². The van der Waals surface area contributed by atoms with Crippen molar-refractivity contribution in [3.05, 3.63) is 64.0 Å². The Balaban J connectivity index is 1.73. The van der Waals surface area contributed by atoms with Gasteiger partial charge in [-0.25, -0.2) is 0 Å². The van der Waals surface area contributed by atoms with Crippen LogP contribution in [0.5, 0.6) is 0 Å². The molecule has 0 aliphatic rings. The largest absolute Gasteiger partial charge is 0.305 e. The number of nitrogens with one attached hydrogen (secondary N) is 1. The lowest BCUT2D eigenvalue weighted by Gasteiger charge is -2.12. The Morgan fingerprint density at radius 3 is 2.90 bits per heavy atom. The van der Waals surface area contributed by atoms with Crippen LogP contribution in [0.1, 0.15) is 29.1 Å². The number of pyridine rings is 1. The SMILES string of the molecule is Cc1ccc2cc(CNC(C)c3cccs3)ccc2n1. The molecule has 0 radical (unpaired) electrons. The Labute approximate surface area is 123 Å². The number of hydrogen-bond acceptors (Lipinski definition) is 3. The number of nitrogens with zero attached hydrogens (tertiary/aromatic N) is 1. The van der Waals surface area contributed by atoms with Gasteiger partial charge in [-0.05, 0) is 49.1 Å². The Kier molecular flexibility index (Phi) is 3.81. The van der Waals surface area contributed by atoms with Gasteiger partial charge in [0.25, 0.3) is 0 Å². The Morgan fingerprint density at radius 2 is 2.10 bits per heavy atom. The van der Waals surface area contributed by atoms with E-state index in [1.165, 1.54) is 15.8 Å². The molecule has 0 aliphatic carbocycles. The lowest BCUT2D eigenvalue weighted by molar-refractivity contribution is 0.583. The molecule has 0 bridgehead atoms. The predicted octanol–water partition coefficient (Wildman–Crippen LogP) is 4.46. The van der Waals surface area contributed by atoms with Gasteiger partial charge < -0.3 is 5.32 Å². The minimum Gasteiger partial charge on any atom is -0.305 e. The minimum absolute atomic E-state index is 0.391. The van der Waals surface area contributed by atoms with Gasteiger partial charge in [-0.2, -0.15) is 0 Å². The summed E-state index contributed by atoms with van der Waals surface area (Å²) >= 11 is 1.80. The van der Waals surface area contributed by atoms with Crippen LogP contribution in [0.15, 0.2) is 47.8 Å². The normalized spacial score (nSPS) is 12.7. The molecular formula is C17H18N2S. The maximum Gasteiger partial charge on any atom is 0.0705 e. The lowest BCUT2D eigenvalue weighted by Crippen LogP contribution is -2.17. The van der Waals surface area contributed by atoms with Crippen LogP contribution in [0.25, 0.3) is 10.9 Å². The predicted molar refractivity (Wildman–Crippen MR) is 86.1 cm³/mol. The van der Waals surface area contributed by atoms with Gasteiger partial charge in [0.05, 0.1) is 5.52 Å². The summed E-state index contributed by atoms with van der Waals surface area (Å²) < 4.78 is 0. The topological polar surface area (TPSA) is 24.9 Å². The number of aryl methyl sites for hydroxylation is 1. The maximum atomic E-state index is 4.53. The van der Waals surface area contributed by atoms with E-state index in [2.05, 4.69) is 65.1 Å². The van der Waals surface area contributed by atoms with E-state index in [0.29, 0.717) is 6.04 Å². The summed E-state index contributed by atoms with van der Waals surface area (Å²) in [6.07, 6.45) is 0. The highest BCUT2D eigenvalue weighted by atomic mass is 32.1. The van der Waals surface area contributed by atoms with Crippen LogP contribution in [-0.4, -0.2) is 4.98 Å². The second-order valence-electron chi connectivity index (χ2n) is 5.10. The first-order valence-corrected chi connectivity index (χ1v) is 7.73. The summed E-state index contributed by atoms with van der Waals surface area (Å²) in [4.78, 5) is 5.91. The summed E-state index contributed by atoms with van der Waals surface area (Å²) in [5, 5.41) is 6.90. The molecule has 0 saturated heterocycles. The smallest absolute Gasteiger partial charge is 0.0705 e. The first kappa shape index (κ1) is 13.3. The monoisotopic (exact) mass is 282 g/mol. The van der Waals surface area contributed by atoms with Crippen LogP contribution in [0.3, 0.4) is 0 Å². The molecule has 2 nitrogen and oxygen atoms in total. The Hall–Kier alpha value is -1.71. The first-order valence-electron chi connectivity index (χ1n) is 6.85. The maximum absolute atomic E-state index is 4.53. The average Bonchev–Trinajstić information content (AvgIpc) is 2.99. The molecule has 0 saturated carbocycles. The summed E-state index contributed by atoms with van der Waals surface area (Å²) in [6.45, 7) is 5.11. The summed E-state index contributed by atoms with van der Waals surface area (Å²) in [5.41, 5.74) is 3.43. The number of hydrogen-bond donors (Lipinski definition) is 1. The fourth-order valence-electron chi connectivity index (χ4n) is 2.30. The van der Waals surface area contributed by atoms with E-state index in [0.717, 1.165) is 17.8 Å². The van der Waals surface area contributed by atoms with Crippen LogP contribution >= 0.6 is 11.3 Å². The molecule has 20 heavy (non-hydrogen) atoms. The van der Waals surface area contributed by atoms with Crippen molar-refractivity contribution in [1.29, 1.82) is 0 Å². The number of rotatable bonds is 4. The van der Waals surface area contributed by atoms with E-state index in [-0.39, 0.29) is 0 Å². The van der Waals surface area contributed by atoms with Crippen molar-refractivity contribution >= 4 is 22.2 Å². The fraction of sp³-hybridized carbons (Fsp3) is 0.235. The van der Waals surface area contributed by atoms with Crippen molar-refractivity contribution in [3.8, 4) is 0 Å².